The molecule has 1 aliphatic rings. The summed E-state index contributed by atoms with van der Waals surface area (Å²) in [6.45, 7) is 2.22. The van der Waals surface area contributed by atoms with Gasteiger partial charge in [0.2, 0.25) is 0 Å². The van der Waals surface area contributed by atoms with Gasteiger partial charge in [-0.15, -0.1) is 0 Å². The first-order valence-electron chi connectivity index (χ1n) is 6.51. The largest absolute Gasteiger partial charge is 0.356 e. The van der Waals surface area contributed by atoms with E-state index in [1.807, 2.05) is 24.4 Å². The average molecular weight is 272 g/mol. The molecule has 3 rings (SSSR count). The van der Waals surface area contributed by atoms with Gasteiger partial charge < -0.3 is 4.90 Å². The van der Waals surface area contributed by atoms with Crippen LogP contribution in [-0.2, 0) is 5.75 Å². The molecule has 0 saturated carbocycles. The molecule has 0 aromatic carbocycles. The van der Waals surface area contributed by atoms with Crippen molar-refractivity contribution in [3.63, 3.8) is 0 Å². The SMILES string of the molecule is c1ccc(CSc2cc(N3CCCC3)ncn2)nc1. The molecule has 0 unspecified atom stereocenters. The molecular weight excluding hydrogens is 256 g/mol. The van der Waals surface area contributed by atoms with E-state index in [1.54, 1.807) is 18.1 Å². The number of pyridine rings is 1. The normalized spacial score (nSPS) is 14.8. The summed E-state index contributed by atoms with van der Waals surface area (Å²) < 4.78 is 0. The summed E-state index contributed by atoms with van der Waals surface area (Å²) in [5, 5.41) is 1.02. The van der Waals surface area contributed by atoms with E-state index in [9.17, 15) is 0 Å². The molecule has 0 amide bonds. The third kappa shape index (κ3) is 3.23. The molecule has 1 aliphatic heterocycles. The molecule has 0 aliphatic carbocycles. The predicted molar refractivity (Wildman–Crippen MR) is 77.3 cm³/mol. The van der Waals surface area contributed by atoms with E-state index in [2.05, 4.69) is 25.9 Å². The lowest BCUT2D eigenvalue weighted by Gasteiger charge is -2.16. The van der Waals surface area contributed by atoms with E-state index >= 15 is 0 Å². The minimum Gasteiger partial charge on any atom is -0.356 e. The third-order valence-corrected chi connectivity index (χ3v) is 4.11. The fraction of sp³-hybridized carbons (Fsp3) is 0.357. The molecule has 0 N–H and O–H groups in total. The van der Waals surface area contributed by atoms with Gasteiger partial charge in [-0.1, -0.05) is 17.8 Å². The van der Waals surface area contributed by atoms with Crippen molar-refractivity contribution < 1.29 is 0 Å². The maximum atomic E-state index is 4.36. The van der Waals surface area contributed by atoms with Crippen LogP contribution in [0.2, 0.25) is 0 Å². The fourth-order valence-corrected chi connectivity index (χ4v) is 2.94. The topological polar surface area (TPSA) is 41.9 Å². The highest BCUT2D eigenvalue weighted by molar-refractivity contribution is 7.98. The molecule has 3 heterocycles. The minimum absolute atomic E-state index is 0.845. The Kier molecular flexibility index (Phi) is 3.93. The van der Waals surface area contributed by atoms with E-state index in [4.69, 9.17) is 0 Å². The highest BCUT2D eigenvalue weighted by Gasteiger charge is 2.14. The molecule has 1 fully saturated rings. The lowest BCUT2D eigenvalue weighted by Crippen LogP contribution is -2.18. The van der Waals surface area contributed by atoms with Gasteiger partial charge in [-0.2, -0.15) is 0 Å². The van der Waals surface area contributed by atoms with Crippen molar-refractivity contribution in [3.8, 4) is 0 Å². The predicted octanol–water partition coefficient (Wildman–Crippen LogP) is 2.76. The van der Waals surface area contributed by atoms with Crippen molar-refractivity contribution >= 4 is 17.6 Å². The van der Waals surface area contributed by atoms with Gasteiger partial charge in [-0.25, -0.2) is 9.97 Å². The molecule has 98 valence electrons. The standard InChI is InChI=1S/C14H16N4S/c1-2-6-15-12(5-1)10-19-14-9-13(16-11-17-14)18-7-3-4-8-18/h1-2,5-6,9,11H,3-4,7-8,10H2. The van der Waals surface area contributed by atoms with Gasteiger partial charge in [0.05, 0.1) is 5.69 Å². The van der Waals surface area contributed by atoms with E-state index in [0.717, 1.165) is 35.4 Å². The van der Waals surface area contributed by atoms with Gasteiger partial charge >= 0.3 is 0 Å². The maximum Gasteiger partial charge on any atom is 0.133 e. The van der Waals surface area contributed by atoms with Crippen LogP contribution in [0.5, 0.6) is 0 Å². The Bertz CT molecular complexity index is 526. The van der Waals surface area contributed by atoms with E-state index in [1.165, 1.54) is 12.8 Å². The lowest BCUT2D eigenvalue weighted by atomic mass is 10.4. The van der Waals surface area contributed by atoms with Crippen LogP contribution >= 0.6 is 11.8 Å². The molecule has 0 spiro atoms. The van der Waals surface area contributed by atoms with Gasteiger partial charge in [-0.05, 0) is 25.0 Å². The van der Waals surface area contributed by atoms with Gasteiger partial charge in [0.15, 0.2) is 0 Å². The Hall–Kier alpha value is -1.62. The van der Waals surface area contributed by atoms with Crippen molar-refractivity contribution in [1.29, 1.82) is 0 Å². The van der Waals surface area contributed by atoms with Crippen LogP contribution in [0, 0.1) is 0 Å². The van der Waals surface area contributed by atoms with E-state index in [0.29, 0.717) is 0 Å². The number of anilines is 1. The molecule has 4 nitrogen and oxygen atoms in total. The smallest absolute Gasteiger partial charge is 0.133 e. The fourth-order valence-electron chi connectivity index (χ4n) is 2.16. The average Bonchev–Trinajstić information content (AvgIpc) is 3.01. The highest BCUT2D eigenvalue weighted by atomic mass is 32.2. The third-order valence-electron chi connectivity index (χ3n) is 3.15. The summed E-state index contributed by atoms with van der Waals surface area (Å²) in [7, 11) is 0. The molecule has 0 radical (unpaired) electrons. The van der Waals surface area contributed by atoms with Crippen LogP contribution < -0.4 is 4.90 Å². The summed E-state index contributed by atoms with van der Waals surface area (Å²) in [6, 6.07) is 8.07. The molecule has 0 bridgehead atoms. The minimum atomic E-state index is 0.845. The Morgan fingerprint density at radius 1 is 1.11 bits per heavy atom. The van der Waals surface area contributed by atoms with Crippen molar-refractivity contribution in [2.75, 3.05) is 18.0 Å². The Morgan fingerprint density at radius 3 is 2.79 bits per heavy atom. The number of hydrogen-bond donors (Lipinski definition) is 0. The Morgan fingerprint density at radius 2 is 2.00 bits per heavy atom. The molecule has 1 saturated heterocycles. The Labute approximate surface area is 117 Å². The van der Waals surface area contributed by atoms with Crippen LogP contribution in [0.1, 0.15) is 18.5 Å². The molecular formula is C14H16N4S. The van der Waals surface area contributed by atoms with Crippen LogP contribution in [0.4, 0.5) is 5.82 Å². The van der Waals surface area contributed by atoms with Crippen LogP contribution in [0.15, 0.2) is 41.8 Å². The van der Waals surface area contributed by atoms with E-state index < -0.39 is 0 Å². The summed E-state index contributed by atoms with van der Waals surface area (Å²) >= 11 is 1.71. The van der Waals surface area contributed by atoms with Crippen molar-refractivity contribution in [3.05, 3.63) is 42.5 Å². The second-order valence-electron chi connectivity index (χ2n) is 4.52. The number of aromatic nitrogens is 3. The first kappa shape index (κ1) is 12.4. The number of hydrogen-bond acceptors (Lipinski definition) is 5. The van der Waals surface area contributed by atoms with Crippen molar-refractivity contribution in [2.45, 2.75) is 23.6 Å². The number of rotatable bonds is 4. The molecule has 19 heavy (non-hydrogen) atoms. The van der Waals surface area contributed by atoms with Gasteiger partial charge in [0, 0.05) is 31.1 Å². The zero-order valence-electron chi connectivity index (χ0n) is 10.7. The zero-order valence-corrected chi connectivity index (χ0v) is 11.5. The van der Waals surface area contributed by atoms with Crippen LogP contribution in [0.25, 0.3) is 0 Å². The second-order valence-corrected chi connectivity index (χ2v) is 5.51. The van der Waals surface area contributed by atoms with Crippen LogP contribution in [-0.4, -0.2) is 28.0 Å². The monoisotopic (exact) mass is 272 g/mol. The molecule has 5 heteroatoms. The molecule has 0 atom stereocenters. The van der Waals surface area contributed by atoms with Gasteiger partial charge in [-0.3, -0.25) is 4.98 Å². The Balaban J connectivity index is 1.66. The first-order valence-corrected chi connectivity index (χ1v) is 7.50. The highest BCUT2D eigenvalue weighted by Crippen LogP contribution is 2.24. The van der Waals surface area contributed by atoms with Crippen LogP contribution in [0.3, 0.4) is 0 Å². The number of thioether (sulfide) groups is 1. The first-order chi connectivity index (χ1) is 9.42. The van der Waals surface area contributed by atoms with Crippen molar-refractivity contribution in [1.82, 2.24) is 15.0 Å². The molecule has 2 aromatic heterocycles. The maximum absolute atomic E-state index is 4.36. The summed E-state index contributed by atoms with van der Waals surface area (Å²) in [4.78, 5) is 15.3. The lowest BCUT2D eigenvalue weighted by molar-refractivity contribution is 0.908. The summed E-state index contributed by atoms with van der Waals surface area (Å²) in [6.07, 6.45) is 6.01. The zero-order chi connectivity index (χ0) is 12.9. The second kappa shape index (κ2) is 6.02. The van der Waals surface area contributed by atoms with Gasteiger partial charge in [0.1, 0.15) is 17.2 Å². The number of nitrogens with zero attached hydrogens (tertiary/aromatic N) is 4. The summed E-state index contributed by atoms with van der Waals surface area (Å²) in [5.74, 6) is 1.90. The quantitative estimate of drug-likeness (QED) is 0.632. The van der Waals surface area contributed by atoms with E-state index in [-0.39, 0.29) is 0 Å². The summed E-state index contributed by atoms with van der Waals surface area (Å²) in [5.41, 5.74) is 1.08. The van der Waals surface area contributed by atoms with Gasteiger partial charge in [0.25, 0.3) is 0 Å². The van der Waals surface area contributed by atoms with Crippen molar-refractivity contribution in [2.24, 2.45) is 0 Å². The molecule has 2 aromatic rings.